The molecule has 3 aromatic carbocycles. The molecule has 2 N–H and O–H groups in total. The van der Waals surface area contributed by atoms with Gasteiger partial charge in [0.2, 0.25) is 0 Å². The standard InChI is InChI=1S/C29H28N4O3S2/c1-38(34,35)16-15-30-18-25-19-32-29(37-25)22-7-12-26-27(13-14-31-28(26)17-22)33-23-8-10-24(11-9-23)36-20-21-5-3-2-4-6-21/h2-14,17,19,30H,15-16,18,20H2,1H3,(H,31,33). The van der Waals surface area contributed by atoms with Crippen molar-refractivity contribution >= 4 is 43.5 Å². The maximum absolute atomic E-state index is 11.3. The molecule has 5 aromatic rings. The normalized spacial score (nSPS) is 11.5. The first-order chi connectivity index (χ1) is 18.4. The van der Waals surface area contributed by atoms with Crippen molar-refractivity contribution in [2.75, 3.05) is 23.9 Å². The first kappa shape index (κ1) is 25.8. The highest BCUT2D eigenvalue weighted by Crippen LogP contribution is 2.31. The van der Waals surface area contributed by atoms with Crippen LogP contribution in [0, 0.1) is 0 Å². The van der Waals surface area contributed by atoms with E-state index >= 15 is 0 Å². The maximum Gasteiger partial charge on any atom is 0.148 e. The molecule has 2 heterocycles. The minimum atomic E-state index is -2.97. The van der Waals surface area contributed by atoms with Gasteiger partial charge in [-0.1, -0.05) is 42.5 Å². The molecule has 0 fully saturated rings. The Bertz CT molecular complexity index is 1620. The fourth-order valence-electron chi connectivity index (χ4n) is 3.91. The number of rotatable bonds is 11. The number of sulfone groups is 1. The third-order valence-electron chi connectivity index (χ3n) is 5.87. The maximum atomic E-state index is 11.3. The Labute approximate surface area is 226 Å². The van der Waals surface area contributed by atoms with Crippen molar-refractivity contribution in [2.24, 2.45) is 0 Å². The van der Waals surface area contributed by atoms with E-state index in [1.807, 2.05) is 72.9 Å². The van der Waals surface area contributed by atoms with Crippen molar-refractivity contribution in [3.8, 4) is 16.3 Å². The van der Waals surface area contributed by atoms with E-state index < -0.39 is 9.84 Å². The quantitative estimate of drug-likeness (QED) is 0.203. The van der Waals surface area contributed by atoms with Crippen LogP contribution in [0.2, 0.25) is 0 Å². The lowest BCUT2D eigenvalue weighted by Gasteiger charge is -2.11. The number of anilines is 2. The second-order valence-electron chi connectivity index (χ2n) is 8.95. The van der Waals surface area contributed by atoms with Gasteiger partial charge in [-0.3, -0.25) is 4.98 Å². The first-order valence-corrected chi connectivity index (χ1v) is 15.1. The summed E-state index contributed by atoms with van der Waals surface area (Å²) in [5, 5.41) is 8.57. The predicted octanol–water partition coefficient (Wildman–Crippen LogP) is 5.82. The zero-order valence-electron chi connectivity index (χ0n) is 20.9. The van der Waals surface area contributed by atoms with E-state index in [0.29, 0.717) is 19.7 Å². The number of ether oxygens (including phenoxy) is 1. The number of hydrogen-bond donors (Lipinski definition) is 2. The fourth-order valence-corrected chi connectivity index (χ4v) is 5.31. The monoisotopic (exact) mass is 544 g/mol. The molecule has 0 aliphatic rings. The summed E-state index contributed by atoms with van der Waals surface area (Å²) in [6, 6.07) is 26.1. The molecule has 0 aliphatic heterocycles. The Morgan fingerprint density at radius 2 is 1.76 bits per heavy atom. The molecule has 0 saturated carbocycles. The Morgan fingerprint density at radius 3 is 2.55 bits per heavy atom. The summed E-state index contributed by atoms with van der Waals surface area (Å²) in [7, 11) is -2.97. The summed E-state index contributed by atoms with van der Waals surface area (Å²) in [6.07, 6.45) is 4.87. The summed E-state index contributed by atoms with van der Waals surface area (Å²) in [5.74, 6) is 0.939. The molecule has 0 aliphatic carbocycles. The number of nitrogens with one attached hydrogen (secondary N) is 2. The zero-order valence-corrected chi connectivity index (χ0v) is 22.6. The van der Waals surface area contributed by atoms with Crippen molar-refractivity contribution in [1.82, 2.24) is 15.3 Å². The molecule has 38 heavy (non-hydrogen) atoms. The SMILES string of the molecule is CS(=O)(=O)CCNCc1cnc(-c2ccc3c(Nc4ccc(OCc5ccccc5)cc4)ccnc3c2)s1. The second-order valence-corrected chi connectivity index (χ2v) is 12.3. The number of pyridine rings is 1. The summed E-state index contributed by atoms with van der Waals surface area (Å²) >= 11 is 1.58. The Morgan fingerprint density at radius 1 is 0.947 bits per heavy atom. The van der Waals surface area contributed by atoms with Crippen LogP contribution in [-0.2, 0) is 23.0 Å². The Balaban J connectivity index is 1.23. The average molecular weight is 545 g/mol. The van der Waals surface area contributed by atoms with Gasteiger partial charge in [0, 0.05) is 58.9 Å². The van der Waals surface area contributed by atoms with Crippen LogP contribution in [0.3, 0.4) is 0 Å². The summed E-state index contributed by atoms with van der Waals surface area (Å²) < 4.78 is 28.5. The van der Waals surface area contributed by atoms with Gasteiger partial charge in [0.25, 0.3) is 0 Å². The molecule has 0 saturated heterocycles. The Hall–Kier alpha value is -3.79. The van der Waals surface area contributed by atoms with E-state index in [-0.39, 0.29) is 5.75 Å². The van der Waals surface area contributed by atoms with Crippen LogP contribution in [0.5, 0.6) is 5.75 Å². The molecular formula is C29H28N4O3S2. The van der Waals surface area contributed by atoms with E-state index in [0.717, 1.165) is 49.0 Å². The van der Waals surface area contributed by atoms with E-state index in [4.69, 9.17) is 4.74 Å². The van der Waals surface area contributed by atoms with Crippen LogP contribution in [0.25, 0.3) is 21.5 Å². The molecule has 5 rings (SSSR count). The topological polar surface area (TPSA) is 93.2 Å². The first-order valence-electron chi connectivity index (χ1n) is 12.2. The Kier molecular flexibility index (Phi) is 7.97. The van der Waals surface area contributed by atoms with Crippen LogP contribution in [0.4, 0.5) is 11.4 Å². The smallest absolute Gasteiger partial charge is 0.148 e. The number of benzene rings is 3. The second kappa shape index (κ2) is 11.7. The molecule has 0 bridgehead atoms. The highest BCUT2D eigenvalue weighted by Gasteiger charge is 2.09. The van der Waals surface area contributed by atoms with Crippen LogP contribution >= 0.6 is 11.3 Å². The lowest BCUT2D eigenvalue weighted by molar-refractivity contribution is 0.306. The van der Waals surface area contributed by atoms with E-state index in [1.165, 1.54) is 6.26 Å². The van der Waals surface area contributed by atoms with Crippen molar-refractivity contribution < 1.29 is 13.2 Å². The molecule has 2 aromatic heterocycles. The molecular weight excluding hydrogens is 516 g/mol. The summed E-state index contributed by atoms with van der Waals surface area (Å²) in [6.45, 7) is 1.54. The highest BCUT2D eigenvalue weighted by atomic mass is 32.2. The van der Waals surface area contributed by atoms with Crippen molar-refractivity contribution in [2.45, 2.75) is 13.2 Å². The van der Waals surface area contributed by atoms with Gasteiger partial charge in [0.1, 0.15) is 27.2 Å². The molecule has 0 radical (unpaired) electrons. The molecule has 0 spiro atoms. The summed E-state index contributed by atoms with van der Waals surface area (Å²) in [5.41, 5.74) is 4.93. The van der Waals surface area contributed by atoms with E-state index in [1.54, 1.807) is 17.5 Å². The van der Waals surface area contributed by atoms with Gasteiger partial charge < -0.3 is 15.4 Å². The largest absolute Gasteiger partial charge is 0.489 e. The molecule has 0 unspecified atom stereocenters. The van der Waals surface area contributed by atoms with E-state index in [9.17, 15) is 8.42 Å². The van der Waals surface area contributed by atoms with Crippen LogP contribution < -0.4 is 15.4 Å². The minimum absolute atomic E-state index is 0.123. The molecule has 9 heteroatoms. The lowest BCUT2D eigenvalue weighted by Crippen LogP contribution is -2.21. The van der Waals surface area contributed by atoms with Crippen LogP contribution in [0.1, 0.15) is 10.4 Å². The van der Waals surface area contributed by atoms with Gasteiger partial charge >= 0.3 is 0 Å². The van der Waals surface area contributed by atoms with Gasteiger partial charge in [-0.25, -0.2) is 13.4 Å². The van der Waals surface area contributed by atoms with Gasteiger partial charge in [0.05, 0.1) is 11.3 Å². The van der Waals surface area contributed by atoms with Crippen LogP contribution in [0.15, 0.2) is 91.3 Å². The fraction of sp³-hybridized carbons (Fsp3) is 0.172. The third-order valence-corrected chi connectivity index (χ3v) is 7.87. The highest BCUT2D eigenvalue weighted by molar-refractivity contribution is 7.90. The minimum Gasteiger partial charge on any atom is -0.489 e. The predicted molar refractivity (Wildman–Crippen MR) is 155 cm³/mol. The zero-order chi connectivity index (χ0) is 26.4. The van der Waals surface area contributed by atoms with Gasteiger partial charge in [-0.15, -0.1) is 11.3 Å². The van der Waals surface area contributed by atoms with Gasteiger partial charge in [0.15, 0.2) is 0 Å². The average Bonchev–Trinajstić information content (AvgIpc) is 3.40. The van der Waals surface area contributed by atoms with Crippen molar-refractivity contribution in [1.29, 1.82) is 0 Å². The molecule has 0 atom stereocenters. The van der Waals surface area contributed by atoms with Crippen LogP contribution in [-0.4, -0.2) is 36.9 Å². The number of nitrogens with zero attached hydrogens (tertiary/aromatic N) is 2. The number of aromatic nitrogens is 2. The molecule has 0 amide bonds. The summed E-state index contributed by atoms with van der Waals surface area (Å²) in [4.78, 5) is 10.2. The lowest BCUT2D eigenvalue weighted by atomic mass is 10.1. The molecule has 194 valence electrons. The number of thiazole rings is 1. The van der Waals surface area contributed by atoms with E-state index in [2.05, 4.69) is 32.7 Å². The van der Waals surface area contributed by atoms with Crippen molar-refractivity contribution in [3.63, 3.8) is 0 Å². The number of fused-ring (bicyclic) bond motifs is 1. The van der Waals surface area contributed by atoms with Crippen molar-refractivity contribution in [3.05, 3.63) is 102 Å². The molecule has 7 nitrogen and oxygen atoms in total. The number of hydrogen-bond acceptors (Lipinski definition) is 8. The van der Waals surface area contributed by atoms with Gasteiger partial charge in [-0.05, 0) is 42.0 Å². The van der Waals surface area contributed by atoms with Gasteiger partial charge in [-0.2, -0.15) is 0 Å². The third kappa shape index (κ3) is 6.95.